The third kappa shape index (κ3) is 3.77. The van der Waals surface area contributed by atoms with Crippen LogP contribution in [-0.2, 0) is 0 Å². The van der Waals surface area contributed by atoms with E-state index < -0.39 is 5.56 Å². The Hall–Kier alpha value is -3.12. The Morgan fingerprint density at radius 1 is 1.00 bits per heavy atom. The molecule has 0 spiro atoms. The minimum absolute atomic E-state index is 0.0656. The first-order valence-electron chi connectivity index (χ1n) is 9.06. The first-order chi connectivity index (χ1) is 13.6. The Kier molecular flexibility index (Phi) is 5.12. The fourth-order valence-electron chi connectivity index (χ4n) is 3.30. The maximum Gasteiger partial charge on any atom is 0.264 e. The fraction of sp³-hybridized carbons (Fsp3) is 0.190. The van der Waals surface area contributed by atoms with Gasteiger partial charge in [0.15, 0.2) is 0 Å². The van der Waals surface area contributed by atoms with Crippen LogP contribution in [0.5, 0.6) is 0 Å². The molecule has 2 heterocycles. The van der Waals surface area contributed by atoms with Crippen LogP contribution in [0.1, 0.15) is 10.4 Å². The molecular formula is C21H19ClN4O2. The summed E-state index contributed by atoms with van der Waals surface area (Å²) >= 11 is 6.06. The van der Waals surface area contributed by atoms with Crippen LogP contribution in [0.4, 0.5) is 5.69 Å². The summed E-state index contributed by atoms with van der Waals surface area (Å²) in [5.41, 5.74) is 1.48. The summed E-state index contributed by atoms with van der Waals surface area (Å²) in [6.45, 7) is 2.43. The maximum absolute atomic E-state index is 12.8. The molecule has 0 radical (unpaired) electrons. The summed E-state index contributed by atoms with van der Waals surface area (Å²) in [6.07, 6.45) is 1.37. The van der Waals surface area contributed by atoms with E-state index in [1.54, 1.807) is 4.90 Å². The molecule has 1 aromatic heterocycles. The van der Waals surface area contributed by atoms with E-state index in [9.17, 15) is 9.59 Å². The van der Waals surface area contributed by atoms with Crippen LogP contribution in [-0.4, -0.2) is 47.0 Å². The van der Waals surface area contributed by atoms with Gasteiger partial charge in [0.25, 0.3) is 11.5 Å². The van der Waals surface area contributed by atoms with E-state index in [-0.39, 0.29) is 11.5 Å². The van der Waals surface area contributed by atoms with Gasteiger partial charge < -0.3 is 14.8 Å². The number of piperazine rings is 1. The van der Waals surface area contributed by atoms with Gasteiger partial charge in [-0.2, -0.15) is 0 Å². The van der Waals surface area contributed by atoms with Crippen LogP contribution in [0.2, 0.25) is 5.02 Å². The van der Waals surface area contributed by atoms with Crippen LogP contribution < -0.4 is 10.5 Å². The first kappa shape index (κ1) is 18.3. The van der Waals surface area contributed by atoms with E-state index >= 15 is 0 Å². The second-order valence-electron chi connectivity index (χ2n) is 6.60. The quantitative estimate of drug-likeness (QED) is 0.741. The van der Waals surface area contributed by atoms with Gasteiger partial charge in [-0.25, -0.2) is 4.98 Å². The zero-order chi connectivity index (χ0) is 19.5. The molecule has 0 aliphatic carbocycles. The molecule has 1 aliphatic heterocycles. The largest absolute Gasteiger partial charge is 0.368 e. The van der Waals surface area contributed by atoms with Gasteiger partial charge in [-0.1, -0.05) is 48.0 Å². The summed E-state index contributed by atoms with van der Waals surface area (Å²) in [5, 5.41) is 0.687. The zero-order valence-corrected chi connectivity index (χ0v) is 15.9. The number of aromatic amines is 1. The second-order valence-corrected chi connectivity index (χ2v) is 7.04. The Labute approximate surface area is 167 Å². The van der Waals surface area contributed by atoms with Gasteiger partial charge in [0.05, 0.1) is 0 Å². The Bertz CT molecular complexity index is 1040. The van der Waals surface area contributed by atoms with Crippen molar-refractivity contribution in [1.29, 1.82) is 0 Å². The molecule has 0 bridgehead atoms. The van der Waals surface area contributed by atoms with Gasteiger partial charge in [-0.3, -0.25) is 9.59 Å². The Morgan fingerprint density at radius 3 is 2.43 bits per heavy atom. The lowest BCUT2D eigenvalue weighted by molar-refractivity contribution is 0.0744. The number of benzene rings is 2. The number of hydrogen-bond acceptors (Lipinski definition) is 4. The number of halogens is 1. The summed E-state index contributed by atoms with van der Waals surface area (Å²) < 4.78 is 0. The van der Waals surface area contributed by atoms with Crippen LogP contribution in [0.3, 0.4) is 0 Å². The highest BCUT2D eigenvalue weighted by Crippen LogP contribution is 2.21. The highest BCUT2D eigenvalue weighted by molar-refractivity contribution is 6.30. The van der Waals surface area contributed by atoms with Crippen molar-refractivity contribution in [2.24, 2.45) is 0 Å². The van der Waals surface area contributed by atoms with Gasteiger partial charge in [-0.15, -0.1) is 0 Å². The lowest BCUT2D eigenvalue weighted by atomic mass is 10.2. The molecule has 0 saturated carbocycles. The van der Waals surface area contributed by atoms with Crippen LogP contribution in [0, 0.1) is 0 Å². The molecular weight excluding hydrogens is 376 g/mol. The van der Waals surface area contributed by atoms with Crippen molar-refractivity contribution in [3.8, 4) is 11.4 Å². The fourth-order valence-corrected chi connectivity index (χ4v) is 3.49. The first-order valence-corrected chi connectivity index (χ1v) is 9.44. The molecule has 3 aromatic rings. The van der Waals surface area contributed by atoms with Gasteiger partial charge in [0.2, 0.25) is 0 Å². The molecule has 0 atom stereocenters. The topological polar surface area (TPSA) is 69.3 Å². The number of anilines is 1. The second kappa shape index (κ2) is 7.86. The molecule has 0 unspecified atom stereocenters. The van der Waals surface area contributed by atoms with Crippen molar-refractivity contribution in [2.45, 2.75) is 0 Å². The van der Waals surface area contributed by atoms with Crippen molar-refractivity contribution >= 4 is 23.2 Å². The van der Waals surface area contributed by atoms with E-state index in [2.05, 4.69) is 14.9 Å². The number of hydrogen-bond donors (Lipinski definition) is 1. The minimum atomic E-state index is -0.420. The molecule has 1 fully saturated rings. The summed E-state index contributed by atoms with van der Waals surface area (Å²) in [6, 6.07) is 17.0. The van der Waals surface area contributed by atoms with Crippen molar-refractivity contribution in [1.82, 2.24) is 14.9 Å². The number of nitrogens with zero attached hydrogens (tertiary/aromatic N) is 3. The van der Waals surface area contributed by atoms with E-state index in [0.29, 0.717) is 37.0 Å². The minimum Gasteiger partial charge on any atom is -0.368 e. The van der Waals surface area contributed by atoms with Crippen molar-refractivity contribution < 1.29 is 4.79 Å². The molecule has 142 valence electrons. The number of nitrogens with one attached hydrogen (secondary N) is 1. The predicted octanol–water partition coefficient (Wildman–Crippen LogP) is 3.05. The smallest absolute Gasteiger partial charge is 0.264 e. The van der Waals surface area contributed by atoms with Crippen molar-refractivity contribution in [3.05, 3.63) is 81.7 Å². The standard InChI is InChI=1S/C21H19ClN4O2/c22-16-7-4-8-17(13-16)25-9-11-26(12-10-25)21(28)18-14-23-19(24-20(18)27)15-5-2-1-3-6-15/h1-8,13-14H,9-12H2,(H,23,24,27). The SMILES string of the molecule is O=C(c1cnc(-c2ccccc2)[nH]c1=O)N1CCN(c2cccc(Cl)c2)CC1. The molecule has 28 heavy (non-hydrogen) atoms. The lowest BCUT2D eigenvalue weighted by Crippen LogP contribution is -2.49. The van der Waals surface area contributed by atoms with Crippen LogP contribution in [0.25, 0.3) is 11.4 Å². The molecule has 1 aliphatic rings. The molecule has 1 amide bonds. The van der Waals surface area contributed by atoms with E-state index in [4.69, 9.17) is 11.6 Å². The molecule has 4 rings (SSSR count). The third-order valence-electron chi connectivity index (χ3n) is 4.82. The summed E-state index contributed by atoms with van der Waals surface area (Å²) in [5.74, 6) is 0.159. The summed E-state index contributed by atoms with van der Waals surface area (Å²) in [4.78, 5) is 36.1. The Balaban J connectivity index is 1.46. The van der Waals surface area contributed by atoms with E-state index in [1.807, 2.05) is 54.6 Å². The molecule has 7 heteroatoms. The molecule has 6 nitrogen and oxygen atoms in total. The highest BCUT2D eigenvalue weighted by Gasteiger charge is 2.24. The van der Waals surface area contributed by atoms with E-state index in [1.165, 1.54) is 6.20 Å². The molecule has 1 N–H and O–H groups in total. The molecule has 2 aromatic carbocycles. The van der Waals surface area contributed by atoms with Gasteiger partial charge in [-0.05, 0) is 18.2 Å². The highest BCUT2D eigenvalue weighted by atomic mass is 35.5. The van der Waals surface area contributed by atoms with Gasteiger partial charge in [0.1, 0.15) is 11.4 Å². The monoisotopic (exact) mass is 394 g/mol. The predicted molar refractivity (Wildman–Crippen MR) is 110 cm³/mol. The average Bonchev–Trinajstić information content (AvgIpc) is 2.74. The zero-order valence-electron chi connectivity index (χ0n) is 15.1. The average molecular weight is 395 g/mol. The van der Waals surface area contributed by atoms with Crippen LogP contribution in [0.15, 0.2) is 65.6 Å². The number of H-pyrrole nitrogens is 1. The normalized spacial score (nSPS) is 14.2. The van der Waals surface area contributed by atoms with Crippen molar-refractivity contribution in [2.75, 3.05) is 31.1 Å². The lowest BCUT2D eigenvalue weighted by Gasteiger charge is -2.36. The van der Waals surface area contributed by atoms with E-state index in [0.717, 1.165) is 11.3 Å². The third-order valence-corrected chi connectivity index (χ3v) is 5.05. The maximum atomic E-state index is 12.8. The van der Waals surface area contributed by atoms with Crippen molar-refractivity contribution in [3.63, 3.8) is 0 Å². The van der Waals surface area contributed by atoms with Crippen LogP contribution >= 0.6 is 11.6 Å². The number of carbonyl (C=O) groups excluding carboxylic acids is 1. The number of rotatable bonds is 3. The molecule has 1 saturated heterocycles. The number of carbonyl (C=O) groups is 1. The number of amides is 1. The van der Waals surface area contributed by atoms with Gasteiger partial charge >= 0.3 is 0 Å². The Morgan fingerprint density at radius 2 is 1.75 bits per heavy atom. The number of aromatic nitrogens is 2. The van der Waals surface area contributed by atoms with Gasteiger partial charge in [0, 0.05) is 48.6 Å². The summed E-state index contributed by atoms with van der Waals surface area (Å²) in [7, 11) is 0.